The summed E-state index contributed by atoms with van der Waals surface area (Å²) in [6.07, 6.45) is 0.768. The van der Waals surface area contributed by atoms with Crippen LogP contribution < -0.4 is 76.5 Å². The van der Waals surface area contributed by atoms with E-state index >= 15 is 4.79 Å². The molecule has 23 N–H and O–H groups in total. The summed E-state index contributed by atoms with van der Waals surface area (Å²) in [5.74, 6) is -14.2. The number of aliphatic hydroxyl groups is 2. The van der Waals surface area contributed by atoms with Gasteiger partial charge in [-0.05, 0) is 92.7 Å². The number of guanidine groups is 1. The second-order valence-corrected chi connectivity index (χ2v) is 27.0. The molecule has 2 aliphatic rings. The van der Waals surface area contributed by atoms with Crippen molar-refractivity contribution in [3.63, 3.8) is 0 Å². The van der Waals surface area contributed by atoms with Crippen molar-refractivity contribution in [3.05, 3.63) is 71.9 Å². The lowest BCUT2D eigenvalue weighted by molar-refractivity contribution is -0.148. The molecule has 0 bridgehead atoms. The van der Waals surface area contributed by atoms with E-state index in [1.807, 2.05) is 13.8 Å². The molecule has 0 radical (unpaired) electrons. The number of aromatic nitrogens is 1. The third-order valence-electron chi connectivity index (χ3n) is 17.5. The minimum absolute atomic E-state index is 0.0263. The van der Waals surface area contributed by atoms with Crippen molar-refractivity contribution >= 4 is 99.6 Å². The summed E-state index contributed by atoms with van der Waals surface area (Å²) in [6.45, 7) is 8.53. The lowest BCUT2D eigenvalue weighted by atomic mass is 9.99. The topological polar surface area (TPSA) is 573 Å². The summed E-state index contributed by atoms with van der Waals surface area (Å²) in [7, 11) is 0. The Kier molecular flexibility index (Phi) is 32.7. The number of amides is 13. The number of nitrogens with two attached hydrogens (primary N) is 5. The molecule has 0 unspecified atom stereocenters. The lowest BCUT2D eigenvalue weighted by Crippen LogP contribution is -2.61. The molecular formula is C68H102N18O17. The first-order chi connectivity index (χ1) is 48.7. The number of carbonyl (C=O) groups excluding carboxylic acids is 13. The number of primary amides is 2. The predicted octanol–water partition coefficient (Wildman–Crippen LogP) is -4.36. The molecule has 2 fully saturated rings. The van der Waals surface area contributed by atoms with Gasteiger partial charge in [0.2, 0.25) is 76.8 Å². The van der Waals surface area contributed by atoms with E-state index < -0.39 is 194 Å². The molecule has 3 heterocycles. The number of aliphatic carboxylic acids is 1. The smallest absolute Gasteiger partial charge is 0.326 e. The van der Waals surface area contributed by atoms with Crippen molar-refractivity contribution in [2.75, 3.05) is 32.8 Å². The Hall–Kier alpha value is -10.3. The number of fused-ring (bicyclic) bond motifs is 1. The maximum Gasteiger partial charge on any atom is 0.326 e. The van der Waals surface area contributed by atoms with Crippen LogP contribution in [0.3, 0.4) is 0 Å². The summed E-state index contributed by atoms with van der Waals surface area (Å²) < 4.78 is 0. The number of rotatable bonds is 41. The van der Waals surface area contributed by atoms with Crippen molar-refractivity contribution in [1.29, 1.82) is 0 Å². The third kappa shape index (κ3) is 25.6. The molecule has 1 aromatic heterocycles. The molecule has 35 nitrogen and oxygen atoms in total. The number of aliphatic imine (C=N–C) groups is 1. The van der Waals surface area contributed by atoms with Crippen molar-refractivity contribution in [2.24, 2.45) is 51.4 Å². The second kappa shape index (κ2) is 40.4. The van der Waals surface area contributed by atoms with Crippen LogP contribution in [0.25, 0.3) is 10.9 Å². The minimum Gasteiger partial charge on any atom is -0.480 e. The molecule has 5 rings (SSSR count). The number of likely N-dealkylation sites (tertiary alicyclic amines) is 2. The maximum atomic E-state index is 15.0. The van der Waals surface area contributed by atoms with Crippen LogP contribution in [0.1, 0.15) is 123 Å². The molecule has 0 spiro atoms. The summed E-state index contributed by atoms with van der Waals surface area (Å²) >= 11 is 0. The Morgan fingerprint density at radius 2 is 1.05 bits per heavy atom. The highest BCUT2D eigenvalue weighted by Crippen LogP contribution is 2.27. The van der Waals surface area contributed by atoms with Gasteiger partial charge in [-0.25, -0.2) is 4.79 Å². The normalized spacial score (nSPS) is 17.2. The number of para-hydroxylation sites is 1. The molecule has 3 aromatic rings. The van der Waals surface area contributed by atoms with Gasteiger partial charge in [-0.15, -0.1) is 0 Å². The van der Waals surface area contributed by atoms with Gasteiger partial charge in [0.1, 0.15) is 66.5 Å². The average molecular weight is 1440 g/mol. The number of hydrogen-bond donors (Lipinski definition) is 18. The first-order valence-electron chi connectivity index (χ1n) is 34.5. The highest BCUT2D eigenvalue weighted by atomic mass is 16.4. The Morgan fingerprint density at radius 3 is 1.63 bits per heavy atom. The van der Waals surface area contributed by atoms with Crippen LogP contribution in [-0.4, -0.2) is 224 Å². The van der Waals surface area contributed by atoms with E-state index in [2.05, 4.69) is 57.8 Å². The number of aromatic amines is 1. The zero-order chi connectivity index (χ0) is 76.4. The zero-order valence-corrected chi connectivity index (χ0v) is 58.9. The van der Waals surface area contributed by atoms with Gasteiger partial charge in [0.25, 0.3) is 0 Å². The molecule has 12 atom stereocenters. The van der Waals surface area contributed by atoms with Crippen molar-refractivity contribution < 1.29 is 82.4 Å². The number of nitrogens with zero attached hydrogens (tertiary/aromatic N) is 3. The Labute approximate surface area is 596 Å². The van der Waals surface area contributed by atoms with Gasteiger partial charge in [0.05, 0.1) is 25.7 Å². The molecule has 2 aromatic carbocycles. The van der Waals surface area contributed by atoms with Crippen LogP contribution in [0.4, 0.5) is 0 Å². The summed E-state index contributed by atoms with van der Waals surface area (Å²) in [5.41, 5.74) is 29.2. The van der Waals surface area contributed by atoms with Gasteiger partial charge < -0.3 is 107 Å². The average Bonchev–Trinajstić information content (AvgIpc) is 1.69. The zero-order valence-electron chi connectivity index (χ0n) is 58.9. The minimum atomic E-state index is -1.81. The number of carbonyl (C=O) groups is 14. The monoisotopic (exact) mass is 1440 g/mol. The number of aliphatic hydroxyl groups excluding tert-OH is 2. The molecule has 103 heavy (non-hydrogen) atoms. The fraction of sp³-hybridized carbons (Fsp3) is 0.574. The Bertz CT molecular complexity index is 3510. The second-order valence-electron chi connectivity index (χ2n) is 27.0. The number of benzene rings is 2. The fourth-order valence-corrected chi connectivity index (χ4v) is 12.1. The van der Waals surface area contributed by atoms with E-state index in [-0.39, 0.29) is 88.8 Å². The first-order valence-corrected chi connectivity index (χ1v) is 34.5. The van der Waals surface area contributed by atoms with Crippen LogP contribution in [-0.2, 0) is 80.0 Å². The highest BCUT2D eigenvalue weighted by molar-refractivity contribution is 6.01. The number of hydrogen-bond acceptors (Lipinski definition) is 18. The lowest BCUT2D eigenvalue weighted by Gasteiger charge is -2.34. The van der Waals surface area contributed by atoms with Crippen molar-refractivity contribution in [1.82, 2.24) is 62.6 Å². The number of carboxylic acids is 1. The van der Waals surface area contributed by atoms with Gasteiger partial charge in [-0.2, -0.15) is 0 Å². The Morgan fingerprint density at radius 1 is 0.544 bits per heavy atom. The van der Waals surface area contributed by atoms with Crippen LogP contribution >= 0.6 is 0 Å². The summed E-state index contributed by atoms with van der Waals surface area (Å²) in [4.78, 5) is 202. The van der Waals surface area contributed by atoms with Crippen LogP contribution in [0.2, 0.25) is 0 Å². The van der Waals surface area contributed by atoms with Gasteiger partial charge >= 0.3 is 5.97 Å². The van der Waals surface area contributed by atoms with Crippen LogP contribution in [0, 0.1) is 17.8 Å². The largest absolute Gasteiger partial charge is 0.480 e. The van der Waals surface area contributed by atoms with Crippen LogP contribution in [0.5, 0.6) is 0 Å². The van der Waals surface area contributed by atoms with Crippen molar-refractivity contribution in [2.45, 2.75) is 198 Å². The van der Waals surface area contributed by atoms with Crippen LogP contribution in [0.15, 0.2) is 65.8 Å². The molecule has 566 valence electrons. The third-order valence-corrected chi connectivity index (χ3v) is 17.5. The van der Waals surface area contributed by atoms with E-state index in [1.54, 1.807) is 88.5 Å². The standard InChI is InChI=1S/C68H102N18O17/c1-35(2)27-41(69)56(91)78-48(31-54(71)90)61(96)84-55(37(5)6)66(101)86-26-14-21-52(86)65(100)85-25-13-20-51(85)64(99)83-50(34-88)63(98)81-47(30-39-32-75-42-18-11-10-17-40(39)42)60(95)80-46(29-38-15-8-7-9-16-38)59(94)79-45(28-36(3)4)58(93)82-49(33-87)62(97)76-43(22-23-53(70)89)57(92)77-44(67(102)103)19-12-24-74-68(72)73/h7-11,15-18,32,35-37,41,43-52,55,75,87-88H,12-14,19-31,33-34,69H2,1-6H3,(H2,70,89)(H2,71,90)(H,76,97)(H,77,92)(H,78,91)(H,79,94)(H,80,95)(H,81,98)(H,82,93)(H,83,99)(H,84,96)(H,102,103)(H4,72,73,74)/t41-,43-,44-,45-,46-,47-,48-,49-,50-,51-,52-,55-/m0/s1. The molecule has 2 aliphatic heterocycles. The SMILES string of the molecule is CC(C)C[C@H](NC(=O)[C@H](Cc1ccccc1)NC(=O)[C@H](Cc1c[nH]c2ccccc12)NC(=O)[C@H](CO)NC(=O)[C@@H]1CCCN1C(=O)[C@@H]1CCCN1C(=O)[C@@H](NC(=O)[C@H](CC(N)=O)NC(=O)[C@@H](N)CC(C)C)C(C)C)C(=O)N[C@@H](CO)C(=O)N[C@@H](CCC(N)=O)C(=O)N[C@@H](CCCN=C(N)N)C(=O)O. The predicted molar refractivity (Wildman–Crippen MR) is 375 cm³/mol. The van der Waals surface area contributed by atoms with E-state index in [1.165, 1.54) is 9.80 Å². The molecule has 35 heteroatoms. The fourth-order valence-electron chi connectivity index (χ4n) is 12.1. The molecule has 0 saturated carbocycles. The Balaban J connectivity index is 1.35. The molecule has 13 amide bonds. The first kappa shape index (κ1) is 83.4. The summed E-state index contributed by atoms with van der Waals surface area (Å²) in [6, 6.07) is -1.89. The van der Waals surface area contributed by atoms with E-state index in [4.69, 9.17) is 28.7 Å². The number of carboxylic acid groups (broad SMARTS) is 1. The molecule has 0 aliphatic carbocycles. The van der Waals surface area contributed by atoms with Gasteiger partial charge in [0, 0.05) is 56.0 Å². The van der Waals surface area contributed by atoms with Gasteiger partial charge in [-0.1, -0.05) is 90.1 Å². The quantitative estimate of drug-likeness (QED) is 0.0145. The number of H-pyrrole nitrogens is 1. The van der Waals surface area contributed by atoms with Crippen molar-refractivity contribution in [3.8, 4) is 0 Å². The molecule has 2 saturated heterocycles. The van der Waals surface area contributed by atoms with Gasteiger partial charge in [0.15, 0.2) is 5.96 Å². The van der Waals surface area contributed by atoms with E-state index in [0.29, 0.717) is 34.9 Å². The summed E-state index contributed by atoms with van der Waals surface area (Å²) in [5, 5.41) is 54.5. The van der Waals surface area contributed by atoms with Gasteiger partial charge in [-0.3, -0.25) is 67.3 Å². The number of nitrogens with one attached hydrogen (secondary N) is 10. The molecular weight excluding hydrogens is 1340 g/mol. The highest BCUT2D eigenvalue weighted by Gasteiger charge is 2.46. The van der Waals surface area contributed by atoms with E-state index in [9.17, 15) is 77.6 Å². The van der Waals surface area contributed by atoms with E-state index in [0.717, 1.165) is 0 Å². The maximum absolute atomic E-state index is 15.0.